The highest BCUT2D eigenvalue weighted by atomic mass is 32.2. The molecule has 0 unspecified atom stereocenters. The smallest absolute Gasteiger partial charge is 0.301 e. The van der Waals surface area contributed by atoms with E-state index in [1.807, 2.05) is 0 Å². The van der Waals surface area contributed by atoms with Gasteiger partial charge in [-0.25, -0.2) is 0 Å². The van der Waals surface area contributed by atoms with Crippen LogP contribution in [0.5, 0.6) is 0 Å². The van der Waals surface area contributed by atoms with Crippen LogP contribution in [-0.2, 0) is 10.2 Å². The second kappa shape index (κ2) is 5.69. The number of nitrogens with zero attached hydrogens (tertiary/aromatic N) is 2. The zero-order valence-corrected chi connectivity index (χ0v) is 11.0. The average Bonchev–Trinajstić information content (AvgIpc) is 2.37. The third-order valence-corrected chi connectivity index (χ3v) is 3.89. The van der Waals surface area contributed by atoms with Gasteiger partial charge in [0, 0.05) is 19.2 Å². The van der Waals surface area contributed by atoms with Crippen molar-refractivity contribution in [1.29, 1.82) is 0 Å². The molecule has 0 aliphatic rings. The maximum absolute atomic E-state index is 11.8. The average molecular weight is 272 g/mol. The molecule has 0 radical (unpaired) electrons. The lowest BCUT2D eigenvalue weighted by Gasteiger charge is -2.19. The summed E-state index contributed by atoms with van der Waals surface area (Å²) in [6.07, 6.45) is 0. The number of amidine groups is 1. The SMILES string of the molecule is CCNS(=O)(=O)N(C)c1cccc(/C(N)=N/O)c1. The summed E-state index contributed by atoms with van der Waals surface area (Å²) < 4.78 is 27.0. The summed E-state index contributed by atoms with van der Waals surface area (Å²) in [4.78, 5) is 0. The molecule has 4 N–H and O–H groups in total. The topological polar surface area (TPSA) is 108 Å². The van der Waals surface area contributed by atoms with Crippen molar-refractivity contribution >= 4 is 21.7 Å². The van der Waals surface area contributed by atoms with Crippen LogP contribution in [0.4, 0.5) is 5.69 Å². The normalized spacial score (nSPS) is 12.4. The standard InChI is InChI=1S/C10H16N4O3S/c1-3-12-18(16,17)14(2)9-6-4-5-8(7-9)10(11)13-15/h4-7,12,15H,3H2,1-2H3,(H2,11,13). The molecule has 1 aromatic rings. The lowest BCUT2D eigenvalue weighted by Crippen LogP contribution is -2.38. The van der Waals surface area contributed by atoms with Crippen LogP contribution in [0.2, 0.25) is 0 Å². The fourth-order valence-corrected chi connectivity index (χ4v) is 2.29. The Morgan fingerprint density at radius 3 is 2.78 bits per heavy atom. The van der Waals surface area contributed by atoms with E-state index in [0.29, 0.717) is 17.8 Å². The van der Waals surface area contributed by atoms with Crippen LogP contribution in [0.3, 0.4) is 0 Å². The zero-order valence-electron chi connectivity index (χ0n) is 10.2. The van der Waals surface area contributed by atoms with Gasteiger partial charge in [0.15, 0.2) is 5.84 Å². The van der Waals surface area contributed by atoms with Gasteiger partial charge in [0.1, 0.15) is 0 Å². The van der Waals surface area contributed by atoms with Crippen LogP contribution in [0.15, 0.2) is 29.4 Å². The third-order valence-electron chi connectivity index (χ3n) is 2.30. The van der Waals surface area contributed by atoms with Gasteiger partial charge in [0.2, 0.25) is 0 Å². The molecule has 18 heavy (non-hydrogen) atoms. The summed E-state index contributed by atoms with van der Waals surface area (Å²) in [6, 6.07) is 6.37. The van der Waals surface area contributed by atoms with Gasteiger partial charge >= 0.3 is 10.2 Å². The maximum Gasteiger partial charge on any atom is 0.301 e. The highest BCUT2D eigenvalue weighted by Crippen LogP contribution is 2.17. The number of oxime groups is 1. The van der Waals surface area contributed by atoms with E-state index in [1.54, 1.807) is 25.1 Å². The first-order chi connectivity index (χ1) is 8.42. The van der Waals surface area contributed by atoms with Gasteiger partial charge in [-0.05, 0) is 12.1 Å². The fourth-order valence-electron chi connectivity index (χ4n) is 1.34. The van der Waals surface area contributed by atoms with Crippen molar-refractivity contribution in [2.24, 2.45) is 10.9 Å². The minimum Gasteiger partial charge on any atom is -0.409 e. The number of hydrogen-bond donors (Lipinski definition) is 3. The summed E-state index contributed by atoms with van der Waals surface area (Å²) in [6.45, 7) is 1.99. The van der Waals surface area contributed by atoms with E-state index in [9.17, 15) is 8.42 Å². The van der Waals surface area contributed by atoms with Gasteiger partial charge < -0.3 is 10.9 Å². The Morgan fingerprint density at radius 2 is 2.22 bits per heavy atom. The molecule has 1 rings (SSSR count). The van der Waals surface area contributed by atoms with Crippen molar-refractivity contribution in [2.75, 3.05) is 17.9 Å². The van der Waals surface area contributed by atoms with E-state index in [4.69, 9.17) is 10.9 Å². The Labute approximate surface area is 106 Å². The lowest BCUT2D eigenvalue weighted by molar-refractivity contribution is 0.318. The predicted molar refractivity (Wildman–Crippen MR) is 70.0 cm³/mol. The molecule has 0 saturated carbocycles. The van der Waals surface area contributed by atoms with Crippen molar-refractivity contribution in [3.05, 3.63) is 29.8 Å². The van der Waals surface area contributed by atoms with Crippen LogP contribution >= 0.6 is 0 Å². The minimum absolute atomic E-state index is 0.0777. The predicted octanol–water partition coefficient (Wildman–Crippen LogP) is 0.0716. The minimum atomic E-state index is -3.57. The zero-order chi connectivity index (χ0) is 13.8. The van der Waals surface area contributed by atoms with E-state index >= 15 is 0 Å². The first kappa shape index (κ1) is 14.3. The van der Waals surface area contributed by atoms with Crippen molar-refractivity contribution in [1.82, 2.24) is 4.72 Å². The molecular weight excluding hydrogens is 256 g/mol. The Kier molecular flexibility index (Phi) is 4.51. The lowest BCUT2D eigenvalue weighted by atomic mass is 10.2. The molecule has 100 valence electrons. The first-order valence-corrected chi connectivity index (χ1v) is 6.68. The monoisotopic (exact) mass is 272 g/mol. The number of nitrogens with two attached hydrogens (primary N) is 1. The molecule has 0 fully saturated rings. The number of hydrogen-bond acceptors (Lipinski definition) is 4. The number of rotatable bonds is 5. The summed E-state index contributed by atoms with van der Waals surface area (Å²) in [5.41, 5.74) is 6.30. The third kappa shape index (κ3) is 3.11. The Balaban J connectivity index is 3.11. The van der Waals surface area contributed by atoms with Gasteiger partial charge in [-0.3, -0.25) is 4.31 Å². The molecule has 0 heterocycles. The number of anilines is 1. The molecule has 0 atom stereocenters. The maximum atomic E-state index is 11.8. The summed E-state index contributed by atoms with van der Waals surface area (Å²) >= 11 is 0. The summed E-state index contributed by atoms with van der Waals surface area (Å²) in [5, 5.41) is 11.4. The van der Waals surface area contributed by atoms with Crippen LogP contribution in [0.25, 0.3) is 0 Å². The quantitative estimate of drug-likeness (QED) is 0.305. The van der Waals surface area contributed by atoms with E-state index in [-0.39, 0.29) is 5.84 Å². The Bertz CT molecular complexity index is 542. The van der Waals surface area contributed by atoms with Crippen LogP contribution in [0.1, 0.15) is 12.5 Å². The summed E-state index contributed by atoms with van der Waals surface area (Å²) in [7, 11) is -2.15. The highest BCUT2D eigenvalue weighted by Gasteiger charge is 2.17. The van der Waals surface area contributed by atoms with Crippen molar-refractivity contribution in [2.45, 2.75) is 6.92 Å². The molecule has 0 aliphatic carbocycles. The van der Waals surface area contributed by atoms with E-state index < -0.39 is 10.2 Å². The largest absolute Gasteiger partial charge is 0.409 e. The van der Waals surface area contributed by atoms with Gasteiger partial charge in [0.25, 0.3) is 0 Å². The molecule has 0 amide bonds. The van der Waals surface area contributed by atoms with Crippen LogP contribution in [0, 0.1) is 0 Å². The molecule has 7 nitrogen and oxygen atoms in total. The Hall–Kier alpha value is -1.80. The van der Waals surface area contributed by atoms with E-state index in [1.165, 1.54) is 13.1 Å². The molecule has 0 aliphatic heterocycles. The fraction of sp³-hybridized carbons (Fsp3) is 0.300. The summed E-state index contributed by atoms with van der Waals surface area (Å²) in [5.74, 6) is -0.0777. The first-order valence-electron chi connectivity index (χ1n) is 5.24. The molecule has 0 saturated heterocycles. The molecule has 8 heteroatoms. The Morgan fingerprint density at radius 1 is 1.56 bits per heavy atom. The molecule has 0 aromatic heterocycles. The van der Waals surface area contributed by atoms with Crippen LogP contribution in [-0.4, -0.2) is 33.1 Å². The second-order valence-electron chi connectivity index (χ2n) is 3.51. The van der Waals surface area contributed by atoms with E-state index in [0.717, 1.165) is 4.31 Å². The van der Waals surface area contributed by atoms with E-state index in [2.05, 4.69) is 9.88 Å². The number of nitrogens with one attached hydrogen (secondary N) is 1. The molecule has 0 bridgehead atoms. The molecular formula is C10H16N4O3S. The number of benzene rings is 1. The van der Waals surface area contributed by atoms with Crippen LogP contribution < -0.4 is 14.8 Å². The van der Waals surface area contributed by atoms with Gasteiger partial charge in [-0.1, -0.05) is 24.2 Å². The van der Waals surface area contributed by atoms with Crippen molar-refractivity contribution < 1.29 is 13.6 Å². The van der Waals surface area contributed by atoms with Gasteiger partial charge in [0.05, 0.1) is 5.69 Å². The van der Waals surface area contributed by atoms with Gasteiger partial charge in [-0.15, -0.1) is 0 Å². The van der Waals surface area contributed by atoms with Crippen molar-refractivity contribution in [3.63, 3.8) is 0 Å². The van der Waals surface area contributed by atoms with Gasteiger partial charge in [-0.2, -0.15) is 13.1 Å². The molecule has 0 spiro atoms. The van der Waals surface area contributed by atoms with Crippen molar-refractivity contribution in [3.8, 4) is 0 Å². The second-order valence-corrected chi connectivity index (χ2v) is 5.29. The molecule has 1 aromatic carbocycles. The highest BCUT2D eigenvalue weighted by molar-refractivity contribution is 7.90.